The first-order valence-electron chi connectivity index (χ1n) is 4.88. The van der Waals surface area contributed by atoms with Crippen LogP contribution in [0, 0.1) is 0 Å². The van der Waals surface area contributed by atoms with Crippen molar-refractivity contribution in [2.45, 2.75) is 6.42 Å². The van der Waals surface area contributed by atoms with Crippen LogP contribution >= 0.6 is 22.9 Å². The van der Waals surface area contributed by atoms with Gasteiger partial charge in [0.05, 0.1) is 15.6 Å². The van der Waals surface area contributed by atoms with Crippen LogP contribution in [0.5, 0.6) is 0 Å². The van der Waals surface area contributed by atoms with Crippen molar-refractivity contribution in [2.24, 2.45) is 0 Å². The normalized spacial score (nSPS) is 10.2. The average Bonchev–Trinajstić information content (AvgIpc) is 2.77. The molecule has 17 heavy (non-hydrogen) atoms. The highest BCUT2D eigenvalue weighted by atomic mass is 35.5. The molecular weight excluding hydrogens is 258 g/mol. The first-order chi connectivity index (χ1) is 8.16. The van der Waals surface area contributed by atoms with Gasteiger partial charge in [0.25, 0.3) is 0 Å². The van der Waals surface area contributed by atoms with Crippen molar-refractivity contribution in [3.8, 4) is 0 Å². The second-order valence-electron chi connectivity index (χ2n) is 3.36. The quantitative estimate of drug-likeness (QED) is 0.630. The lowest BCUT2D eigenvalue weighted by Crippen LogP contribution is -2.07. The predicted molar refractivity (Wildman–Crippen MR) is 66.8 cm³/mol. The van der Waals surface area contributed by atoms with Crippen molar-refractivity contribution in [1.29, 1.82) is 0 Å². The molecule has 0 amide bonds. The van der Waals surface area contributed by atoms with Crippen LogP contribution in [0.2, 0.25) is 4.34 Å². The van der Waals surface area contributed by atoms with Crippen LogP contribution in [0.4, 0.5) is 0 Å². The summed E-state index contributed by atoms with van der Waals surface area (Å²) in [5.74, 6) is -0.411. The lowest BCUT2D eigenvalue weighted by molar-refractivity contribution is 0.0896. The summed E-state index contributed by atoms with van der Waals surface area (Å²) in [5.41, 5.74) is 0.496. The van der Waals surface area contributed by atoms with Crippen LogP contribution in [-0.2, 0) is 0 Å². The monoisotopic (exact) mass is 265 g/mol. The van der Waals surface area contributed by atoms with E-state index in [1.165, 1.54) is 23.7 Å². The van der Waals surface area contributed by atoms with Gasteiger partial charge in [-0.1, -0.05) is 11.6 Å². The van der Waals surface area contributed by atoms with E-state index in [0.29, 0.717) is 14.8 Å². The van der Waals surface area contributed by atoms with E-state index in [9.17, 15) is 9.59 Å². The van der Waals surface area contributed by atoms with Gasteiger partial charge in [-0.05, 0) is 24.3 Å². The van der Waals surface area contributed by atoms with Gasteiger partial charge in [-0.25, -0.2) is 0 Å². The number of carbonyl (C=O) groups is 2. The van der Waals surface area contributed by atoms with Gasteiger partial charge in [-0.2, -0.15) is 0 Å². The minimum absolute atomic E-state index is 0.138. The summed E-state index contributed by atoms with van der Waals surface area (Å²) in [6.07, 6.45) is 2.92. The Morgan fingerprint density at radius 3 is 2.41 bits per heavy atom. The van der Waals surface area contributed by atoms with Crippen molar-refractivity contribution >= 4 is 34.5 Å². The SMILES string of the molecule is O=C(CC(=O)c1ccc(Cl)s1)c1ccncc1. The molecule has 0 radical (unpaired) electrons. The summed E-state index contributed by atoms with van der Waals surface area (Å²) in [6.45, 7) is 0. The van der Waals surface area contributed by atoms with E-state index in [0.717, 1.165) is 0 Å². The second-order valence-corrected chi connectivity index (χ2v) is 5.08. The first kappa shape index (κ1) is 12.0. The van der Waals surface area contributed by atoms with Gasteiger partial charge in [0, 0.05) is 18.0 Å². The number of carbonyl (C=O) groups excluding carboxylic acids is 2. The zero-order valence-corrected chi connectivity index (χ0v) is 10.3. The number of nitrogens with zero attached hydrogens (tertiary/aromatic N) is 1. The highest BCUT2D eigenvalue weighted by molar-refractivity contribution is 7.18. The molecule has 2 aromatic rings. The van der Waals surface area contributed by atoms with E-state index >= 15 is 0 Å². The molecule has 0 bridgehead atoms. The smallest absolute Gasteiger partial charge is 0.180 e. The van der Waals surface area contributed by atoms with Gasteiger partial charge in [0.15, 0.2) is 11.6 Å². The molecule has 0 saturated heterocycles. The number of halogens is 1. The summed E-state index contributed by atoms with van der Waals surface area (Å²) < 4.78 is 0.546. The Morgan fingerprint density at radius 1 is 1.12 bits per heavy atom. The van der Waals surface area contributed by atoms with Crippen molar-refractivity contribution < 1.29 is 9.59 Å². The summed E-state index contributed by atoms with van der Waals surface area (Å²) in [6, 6.07) is 6.47. The van der Waals surface area contributed by atoms with Crippen LogP contribution in [-0.4, -0.2) is 16.6 Å². The Hall–Kier alpha value is -1.52. The van der Waals surface area contributed by atoms with Gasteiger partial charge in [-0.3, -0.25) is 14.6 Å². The van der Waals surface area contributed by atoms with E-state index in [1.54, 1.807) is 24.3 Å². The topological polar surface area (TPSA) is 47.0 Å². The minimum Gasteiger partial charge on any atom is -0.294 e. The maximum atomic E-state index is 11.8. The van der Waals surface area contributed by atoms with Crippen LogP contribution in [0.25, 0.3) is 0 Å². The van der Waals surface area contributed by atoms with Crippen molar-refractivity contribution in [1.82, 2.24) is 4.98 Å². The summed E-state index contributed by atoms with van der Waals surface area (Å²) in [4.78, 5) is 27.8. The third-order valence-corrected chi connectivity index (χ3v) is 3.44. The average molecular weight is 266 g/mol. The second kappa shape index (κ2) is 5.21. The minimum atomic E-state index is -0.207. The number of ketones is 2. The Balaban J connectivity index is 2.07. The Morgan fingerprint density at radius 2 is 1.82 bits per heavy atom. The van der Waals surface area contributed by atoms with E-state index in [2.05, 4.69) is 4.98 Å². The molecule has 2 heterocycles. The van der Waals surface area contributed by atoms with Gasteiger partial charge < -0.3 is 0 Å². The Bertz CT molecular complexity index is 551. The predicted octanol–water partition coefficient (Wildman–Crippen LogP) is 3.25. The molecule has 2 rings (SSSR count). The van der Waals surface area contributed by atoms with E-state index < -0.39 is 0 Å². The molecule has 0 aromatic carbocycles. The molecule has 0 fully saturated rings. The molecule has 0 atom stereocenters. The fourth-order valence-corrected chi connectivity index (χ4v) is 2.32. The number of thiophene rings is 1. The molecule has 0 N–H and O–H groups in total. The number of pyridine rings is 1. The summed E-state index contributed by atoms with van der Waals surface area (Å²) >= 11 is 6.92. The third kappa shape index (κ3) is 2.99. The number of hydrogen-bond acceptors (Lipinski definition) is 4. The van der Waals surface area contributed by atoms with Gasteiger partial charge >= 0.3 is 0 Å². The van der Waals surface area contributed by atoms with E-state index in [1.807, 2.05) is 0 Å². The van der Waals surface area contributed by atoms with Crippen molar-refractivity contribution in [3.63, 3.8) is 0 Å². The molecule has 86 valence electrons. The molecular formula is C12H8ClNO2S. The summed E-state index contributed by atoms with van der Waals surface area (Å²) in [5, 5.41) is 0. The number of rotatable bonds is 4. The lowest BCUT2D eigenvalue weighted by atomic mass is 10.1. The zero-order chi connectivity index (χ0) is 12.3. The van der Waals surface area contributed by atoms with E-state index in [4.69, 9.17) is 11.6 Å². The van der Waals surface area contributed by atoms with Crippen LogP contribution in [0.1, 0.15) is 26.5 Å². The number of Topliss-reactive ketones (excluding diaryl/α,β-unsaturated/α-hetero) is 2. The molecule has 3 nitrogen and oxygen atoms in total. The van der Waals surface area contributed by atoms with Crippen LogP contribution in [0.15, 0.2) is 36.7 Å². The molecule has 2 aromatic heterocycles. The Kier molecular flexibility index (Phi) is 3.66. The zero-order valence-electron chi connectivity index (χ0n) is 8.72. The van der Waals surface area contributed by atoms with Crippen molar-refractivity contribution in [3.05, 3.63) is 51.4 Å². The molecule has 0 aliphatic carbocycles. The number of hydrogen-bond donors (Lipinski definition) is 0. The van der Waals surface area contributed by atoms with Crippen LogP contribution < -0.4 is 0 Å². The fraction of sp³-hybridized carbons (Fsp3) is 0.0833. The fourth-order valence-electron chi connectivity index (χ4n) is 1.34. The Labute approximate surface area is 107 Å². The maximum Gasteiger partial charge on any atom is 0.180 e. The molecule has 0 unspecified atom stereocenters. The van der Waals surface area contributed by atoms with Gasteiger partial charge in [0.2, 0.25) is 0 Å². The highest BCUT2D eigenvalue weighted by Gasteiger charge is 2.15. The third-order valence-electron chi connectivity index (χ3n) is 2.17. The largest absolute Gasteiger partial charge is 0.294 e. The van der Waals surface area contributed by atoms with Crippen molar-refractivity contribution in [2.75, 3.05) is 0 Å². The molecule has 5 heteroatoms. The molecule has 0 spiro atoms. The number of aromatic nitrogens is 1. The summed E-state index contributed by atoms with van der Waals surface area (Å²) in [7, 11) is 0. The molecule has 0 aliphatic rings. The molecule has 0 aliphatic heterocycles. The van der Waals surface area contributed by atoms with Crippen LogP contribution in [0.3, 0.4) is 0 Å². The van der Waals surface area contributed by atoms with Gasteiger partial charge in [0.1, 0.15) is 0 Å². The van der Waals surface area contributed by atoms with E-state index in [-0.39, 0.29) is 18.0 Å². The highest BCUT2D eigenvalue weighted by Crippen LogP contribution is 2.23. The standard InChI is InChI=1S/C12H8ClNO2S/c13-12-2-1-11(17-12)10(16)7-9(15)8-3-5-14-6-4-8/h1-6H,7H2. The maximum absolute atomic E-state index is 11.8. The van der Waals surface area contributed by atoms with Gasteiger partial charge in [-0.15, -0.1) is 11.3 Å². The lowest BCUT2D eigenvalue weighted by Gasteiger charge is -1.98. The first-order valence-corrected chi connectivity index (χ1v) is 6.08. The molecule has 0 saturated carbocycles.